The summed E-state index contributed by atoms with van der Waals surface area (Å²) in [7, 11) is 1.60. The molecule has 1 unspecified atom stereocenters. The van der Waals surface area contributed by atoms with Gasteiger partial charge >= 0.3 is 0 Å². The van der Waals surface area contributed by atoms with Crippen molar-refractivity contribution in [2.45, 2.75) is 77.9 Å². The Morgan fingerprint density at radius 1 is 0.893 bits per heavy atom. The number of phosphoric acid groups is 1. The predicted octanol–water partition coefficient (Wildman–Crippen LogP) is 3.76. The summed E-state index contributed by atoms with van der Waals surface area (Å²) >= 11 is 0. The molecule has 0 saturated heterocycles. The fourth-order valence-electron chi connectivity index (χ4n) is 2.65. The molecule has 0 fully saturated rings. The highest BCUT2D eigenvalue weighted by molar-refractivity contribution is 7.45. The van der Waals surface area contributed by atoms with E-state index in [9.17, 15) is 9.46 Å². The van der Waals surface area contributed by atoms with E-state index in [2.05, 4.69) is 13.8 Å². The number of likely N-dealkylation sites (N-methyl/N-ethyl adjacent to an activating group) is 1. The van der Waals surface area contributed by atoms with Gasteiger partial charge in [-0.3, -0.25) is 4.57 Å². The molecule has 28 heavy (non-hydrogen) atoms. The molecular formula is C20H44NO6P. The van der Waals surface area contributed by atoms with E-state index in [0.717, 1.165) is 38.5 Å². The van der Waals surface area contributed by atoms with Crippen LogP contribution in [0, 0.1) is 0 Å². The first kappa shape index (κ1) is 28.0. The first-order valence-electron chi connectivity index (χ1n) is 10.8. The Kier molecular flexibility index (Phi) is 15.8. The molecule has 0 heterocycles. The Morgan fingerprint density at radius 3 is 2.04 bits per heavy atom. The zero-order valence-corrected chi connectivity index (χ0v) is 19.9. The topological polar surface area (TPSA) is 77.1 Å². The molecule has 0 bridgehead atoms. The van der Waals surface area contributed by atoms with E-state index in [1.165, 1.54) is 0 Å². The maximum atomic E-state index is 12.3. The second kappa shape index (κ2) is 15.8. The molecule has 0 N–H and O–H groups in total. The summed E-state index contributed by atoms with van der Waals surface area (Å²) in [6, 6.07) is 0. The van der Waals surface area contributed by atoms with Crippen LogP contribution in [0.1, 0.15) is 65.7 Å². The fourth-order valence-corrected chi connectivity index (χ4v) is 3.64. The molecule has 0 saturated carbocycles. The molecule has 3 atom stereocenters. The van der Waals surface area contributed by atoms with Gasteiger partial charge in [-0.1, -0.05) is 46.5 Å². The average molecular weight is 426 g/mol. The van der Waals surface area contributed by atoms with Crippen LogP contribution in [0.2, 0.25) is 0 Å². The number of phosphoric ester groups is 1. The average Bonchev–Trinajstić information content (AvgIpc) is 2.60. The Hall–Kier alpha value is -0.0100. The zero-order valence-electron chi connectivity index (χ0n) is 19.0. The Morgan fingerprint density at radius 2 is 1.50 bits per heavy atom. The van der Waals surface area contributed by atoms with Crippen molar-refractivity contribution in [2.75, 3.05) is 54.1 Å². The monoisotopic (exact) mass is 425 g/mol. The van der Waals surface area contributed by atoms with Crippen LogP contribution in [0.15, 0.2) is 0 Å². The van der Waals surface area contributed by atoms with Crippen LogP contribution < -0.4 is 4.89 Å². The maximum Gasteiger partial charge on any atom is 0.268 e. The van der Waals surface area contributed by atoms with Crippen molar-refractivity contribution < 1.29 is 32.5 Å². The van der Waals surface area contributed by atoms with Gasteiger partial charge in [-0.05, 0) is 19.3 Å². The number of hydrogen-bond donors (Lipinski definition) is 0. The molecule has 0 aliphatic carbocycles. The van der Waals surface area contributed by atoms with Crippen LogP contribution in [0.5, 0.6) is 0 Å². The van der Waals surface area contributed by atoms with Gasteiger partial charge in [-0.25, -0.2) is 0 Å². The second-order valence-corrected chi connectivity index (χ2v) is 9.70. The number of unbranched alkanes of at least 4 members (excludes halogenated alkanes) is 4. The standard InChI is InChI=1S/C20H44NO6P/c1-7-10-12-14-24-17-20(25-15-13-11-8-2)18-26-28(22,23)27-19(9-3)16-21(4,5)6/h19-20H,7-18H2,1-6H3/t19-,20+/m0/s1. The first-order valence-corrected chi connectivity index (χ1v) is 12.2. The highest BCUT2D eigenvalue weighted by atomic mass is 31.2. The Labute approximate surface area is 172 Å². The number of quaternary nitrogens is 1. The molecule has 0 aromatic heterocycles. The van der Waals surface area contributed by atoms with Gasteiger partial charge in [0.05, 0.1) is 34.4 Å². The van der Waals surface area contributed by atoms with Gasteiger partial charge in [0, 0.05) is 13.2 Å². The summed E-state index contributed by atoms with van der Waals surface area (Å²) in [4.78, 5) is 12.3. The molecule has 0 amide bonds. The van der Waals surface area contributed by atoms with Crippen LogP contribution in [0.25, 0.3) is 0 Å². The number of ether oxygens (including phenoxy) is 2. The van der Waals surface area contributed by atoms with E-state index < -0.39 is 20.0 Å². The third-order valence-corrected chi connectivity index (χ3v) is 5.22. The van der Waals surface area contributed by atoms with Crippen LogP contribution in [0.3, 0.4) is 0 Å². The first-order chi connectivity index (χ1) is 13.1. The van der Waals surface area contributed by atoms with Crippen molar-refractivity contribution in [3.63, 3.8) is 0 Å². The summed E-state index contributed by atoms with van der Waals surface area (Å²) < 4.78 is 34.7. The molecular weight excluding hydrogens is 381 g/mol. The van der Waals surface area contributed by atoms with Crippen LogP contribution in [-0.2, 0) is 23.1 Å². The predicted molar refractivity (Wildman–Crippen MR) is 111 cm³/mol. The Bertz CT molecular complexity index is 416. The van der Waals surface area contributed by atoms with Gasteiger partial charge < -0.3 is 27.9 Å². The van der Waals surface area contributed by atoms with Gasteiger partial charge in [0.25, 0.3) is 7.82 Å². The molecule has 0 aliphatic rings. The van der Waals surface area contributed by atoms with E-state index >= 15 is 0 Å². The highest BCUT2D eigenvalue weighted by Crippen LogP contribution is 2.40. The van der Waals surface area contributed by atoms with E-state index in [0.29, 0.717) is 37.3 Å². The van der Waals surface area contributed by atoms with E-state index in [4.69, 9.17) is 18.5 Å². The van der Waals surface area contributed by atoms with Crippen LogP contribution in [0.4, 0.5) is 0 Å². The molecule has 0 aromatic carbocycles. The lowest BCUT2D eigenvalue weighted by atomic mass is 10.2. The number of rotatable bonds is 19. The molecule has 7 nitrogen and oxygen atoms in total. The quantitative estimate of drug-likeness (QED) is 0.178. The second-order valence-electron chi connectivity index (χ2n) is 8.33. The van der Waals surface area contributed by atoms with Gasteiger partial charge in [0.1, 0.15) is 18.8 Å². The van der Waals surface area contributed by atoms with Gasteiger partial charge in [0.2, 0.25) is 0 Å². The summed E-state index contributed by atoms with van der Waals surface area (Å²) in [5, 5.41) is 0. The van der Waals surface area contributed by atoms with Crippen molar-refractivity contribution in [1.82, 2.24) is 0 Å². The SMILES string of the molecule is CCCCCOC[C@H](COP(=O)([O-])O[C@@H](CC)C[N+](C)(C)C)OCCCCC. The van der Waals surface area contributed by atoms with E-state index in [-0.39, 0.29) is 6.61 Å². The fraction of sp³-hybridized carbons (Fsp3) is 1.00. The van der Waals surface area contributed by atoms with Crippen molar-refractivity contribution >= 4 is 7.82 Å². The van der Waals surface area contributed by atoms with Crippen LogP contribution >= 0.6 is 7.82 Å². The van der Waals surface area contributed by atoms with Crippen LogP contribution in [-0.4, -0.2) is 70.8 Å². The number of nitrogens with zero attached hydrogens (tertiary/aromatic N) is 1. The molecule has 0 radical (unpaired) electrons. The van der Waals surface area contributed by atoms with Crippen molar-refractivity contribution in [3.8, 4) is 0 Å². The third-order valence-electron chi connectivity index (χ3n) is 4.20. The summed E-state index contributed by atoms with van der Waals surface area (Å²) in [5.74, 6) is 0. The smallest absolute Gasteiger partial charge is 0.268 e. The lowest BCUT2D eigenvalue weighted by Crippen LogP contribution is -2.42. The number of hydrogen-bond acceptors (Lipinski definition) is 6. The third kappa shape index (κ3) is 16.9. The zero-order chi connectivity index (χ0) is 21.5. The minimum atomic E-state index is -4.40. The van der Waals surface area contributed by atoms with E-state index in [1.807, 2.05) is 28.1 Å². The molecule has 0 aromatic rings. The molecule has 170 valence electrons. The normalized spacial score (nSPS) is 16.7. The molecule has 0 rings (SSSR count). The van der Waals surface area contributed by atoms with Crippen molar-refractivity contribution in [2.24, 2.45) is 0 Å². The van der Waals surface area contributed by atoms with Gasteiger partial charge in [-0.15, -0.1) is 0 Å². The molecule has 8 heteroatoms. The van der Waals surface area contributed by atoms with Gasteiger partial charge in [-0.2, -0.15) is 0 Å². The minimum absolute atomic E-state index is 0.0819. The molecule has 0 aliphatic heterocycles. The lowest BCUT2D eigenvalue weighted by molar-refractivity contribution is -0.873. The van der Waals surface area contributed by atoms with Gasteiger partial charge in [0.15, 0.2) is 0 Å². The minimum Gasteiger partial charge on any atom is -0.756 e. The van der Waals surface area contributed by atoms with E-state index in [1.54, 1.807) is 0 Å². The summed E-state index contributed by atoms with van der Waals surface area (Å²) in [6.45, 7) is 8.23. The molecule has 0 spiro atoms. The Balaban J connectivity index is 4.51. The lowest BCUT2D eigenvalue weighted by Gasteiger charge is -2.33. The van der Waals surface area contributed by atoms with Crippen molar-refractivity contribution in [1.29, 1.82) is 0 Å². The highest BCUT2D eigenvalue weighted by Gasteiger charge is 2.24. The largest absolute Gasteiger partial charge is 0.756 e. The summed E-state index contributed by atoms with van der Waals surface area (Å²) in [5.41, 5.74) is 0. The maximum absolute atomic E-state index is 12.3. The van der Waals surface area contributed by atoms with Crippen molar-refractivity contribution in [3.05, 3.63) is 0 Å². The summed E-state index contributed by atoms with van der Waals surface area (Å²) in [6.07, 6.45) is 6.15.